The second-order valence-electron chi connectivity index (χ2n) is 4.72. The Kier molecular flexibility index (Phi) is 4.54. The average molecular weight is 255 g/mol. The highest BCUT2D eigenvalue weighted by molar-refractivity contribution is 5.86. The second kappa shape index (κ2) is 6.15. The van der Waals surface area contributed by atoms with Gasteiger partial charge in [-0.25, -0.2) is 0 Å². The summed E-state index contributed by atoms with van der Waals surface area (Å²) in [5, 5.41) is 3.00. The Morgan fingerprint density at radius 1 is 1.50 bits per heavy atom. The lowest BCUT2D eigenvalue weighted by Crippen LogP contribution is -2.55. The fourth-order valence-electron chi connectivity index (χ4n) is 2.39. The summed E-state index contributed by atoms with van der Waals surface area (Å²) in [5.41, 5.74) is 0. The molecule has 1 atom stereocenters. The van der Waals surface area contributed by atoms with Crippen molar-refractivity contribution in [3.63, 3.8) is 0 Å². The Morgan fingerprint density at radius 2 is 2.33 bits per heavy atom. The fourth-order valence-corrected chi connectivity index (χ4v) is 2.39. The summed E-state index contributed by atoms with van der Waals surface area (Å²) >= 11 is 0. The molecule has 2 rings (SSSR count). The number of morpholine rings is 1. The molecule has 0 aromatic rings. The van der Waals surface area contributed by atoms with Crippen LogP contribution in [0, 0.1) is 0 Å². The number of carbonyl (C=O) groups is 2. The van der Waals surface area contributed by atoms with Gasteiger partial charge in [0.1, 0.15) is 0 Å². The van der Waals surface area contributed by atoms with E-state index in [4.69, 9.17) is 4.74 Å². The van der Waals surface area contributed by atoms with Crippen LogP contribution in [0.4, 0.5) is 0 Å². The molecule has 0 aliphatic carbocycles. The molecule has 2 aliphatic rings. The molecule has 0 spiro atoms. The van der Waals surface area contributed by atoms with E-state index in [2.05, 4.69) is 12.2 Å². The van der Waals surface area contributed by atoms with Gasteiger partial charge in [0.15, 0.2) is 0 Å². The molecule has 1 N–H and O–H groups in total. The smallest absolute Gasteiger partial charge is 0.242 e. The lowest BCUT2D eigenvalue weighted by atomic mass is 10.1. The van der Waals surface area contributed by atoms with Crippen LogP contribution in [0.5, 0.6) is 0 Å². The van der Waals surface area contributed by atoms with Crippen molar-refractivity contribution >= 4 is 11.8 Å². The zero-order valence-electron chi connectivity index (χ0n) is 10.9. The maximum absolute atomic E-state index is 12.2. The van der Waals surface area contributed by atoms with Crippen molar-refractivity contribution in [1.29, 1.82) is 0 Å². The van der Waals surface area contributed by atoms with Gasteiger partial charge in [0.25, 0.3) is 0 Å². The zero-order chi connectivity index (χ0) is 13.0. The average Bonchev–Trinajstić information content (AvgIpc) is 2.41. The minimum Gasteiger partial charge on any atom is -0.377 e. The van der Waals surface area contributed by atoms with Gasteiger partial charge in [-0.15, -0.1) is 0 Å². The first-order valence-corrected chi connectivity index (χ1v) is 6.58. The predicted octanol–water partition coefficient (Wildman–Crippen LogP) is -0.944. The molecule has 1 unspecified atom stereocenters. The molecule has 18 heavy (non-hydrogen) atoms. The lowest BCUT2D eigenvalue weighted by molar-refractivity contribution is -0.146. The summed E-state index contributed by atoms with van der Waals surface area (Å²) in [4.78, 5) is 27.4. The van der Waals surface area contributed by atoms with Crippen LogP contribution in [-0.2, 0) is 14.3 Å². The minimum absolute atomic E-state index is 0.0101. The van der Waals surface area contributed by atoms with Crippen LogP contribution in [0.25, 0.3) is 0 Å². The first kappa shape index (κ1) is 13.3. The highest BCUT2D eigenvalue weighted by atomic mass is 16.5. The van der Waals surface area contributed by atoms with Crippen molar-refractivity contribution in [2.24, 2.45) is 0 Å². The maximum Gasteiger partial charge on any atom is 0.242 e. The molecule has 2 aliphatic heterocycles. The quantitative estimate of drug-likeness (QED) is 0.707. The molecule has 6 nitrogen and oxygen atoms in total. The number of nitrogens with one attached hydrogen (secondary N) is 1. The number of rotatable bonds is 3. The highest BCUT2D eigenvalue weighted by Gasteiger charge is 2.28. The molecule has 2 amide bonds. The van der Waals surface area contributed by atoms with Crippen LogP contribution >= 0.6 is 0 Å². The van der Waals surface area contributed by atoms with Crippen molar-refractivity contribution in [2.45, 2.75) is 19.4 Å². The number of amides is 2. The number of piperazine rings is 1. The number of nitrogens with zero attached hydrogens (tertiary/aromatic N) is 2. The molecular weight excluding hydrogens is 234 g/mol. The largest absolute Gasteiger partial charge is 0.377 e. The topological polar surface area (TPSA) is 61.9 Å². The Morgan fingerprint density at radius 3 is 3.06 bits per heavy atom. The third-order valence-corrected chi connectivity index (χ3v) is 3.53. The molecule has 6 heteroatoms. The summed E-state index contributed by atoms with van der Waals surface area (Å²) in [6.45, 7) is 5.82. The number of hydrogen-bond donors (Lipinski definition) is 1. The van der Waals surface area contributed by atoms with Crippen LogP contribution in [0.15, 0.2) is 0 Å². The van der Waals surface area contributed by atoms with E-state index in [-0.39, 0.29) is 24.4 Å². The van der Waals surface area contributed by atoms with E-state index in [0.717, 1.165) is 13.0 Å². The molecule has 0 aromatic carbocycles. The van der Waals surface area contributed by atoms with Crippen molar-refractivity contribution in [1.82, 2.24) is 15.1 Å². The first-order chi connectivity index (χ1) is 8.72. The van der Waals surface area contributed by atoms with Gasteiger partial charge in [-0.3, -0.25) is 9.59 Å². The van der Waals surface area contributed by atoms with E-state index in [1.165, 1.54) is 0 Å². The van der Waals surface area contributed by atoms with Crippen LogP contribution in [0.2, 0.25) is 0 Å². The standard InChI is InChI=1S/C12H21N3O3/c1-2-10-9-18-6-5-15(10)12(17)8-14-4-3-13-7-11(14)16/h10,13H,2-9H2,1H3. The molecule has 0 radical (unpaired) electrons. The highest BCUT2D eigenvalue weighted by Crippen LogP contribution is 2.11. The third-order valence-electron chi connectivity index (χ3n) is 3.53. The maximum atomic E-state index is 12.2. The third kappa shape index (κ3) is 3.00. The lowest BCUT2D eigenvalue weighted by Gasteiger charge is -2.37. The summed E-state index contributed by atoms with van der Waals surface area (Å²) in [7, 11) is 0. The second-order valence-corrected chi connectivity index (χ2v) is 4.72. The van der Waals surface area contributed by atoms with Crippen molar-refractivity contribution in [2.75, 3.05) is 45.9 Å². The van der Waals surface area contributed by atoms with Crippen molar-refractivity contribution in [3.05, 3.63) is 0 Å². The van der Waals surface area contributed by atoms with Gasteiger partial charge < -0.3 is 19.9 Å². The number of carbonyl (C=O) groups excluding carboxylic acids is 2. The minimum atomic E-state index is 0.0101. The molecular formula is C12H21N3O3. The van der Waals surface area contributed by atoms with E-state index in [1.54, 1.807) is 4.90 Å². The van der Waals surface area contributed by atoms with Gasteiger partial charge in [-0.05, 0) is 6.42 Å². The monoisotopic (exact) mass is 255 g/mol. The predicted molar refractivity (Wildman–Crippen MR) is 66.1 cm³/mol. The van der Waals surface area contributed by atoms with E-state index in [9.17, 15) is 9.59 Å². The Bertz CT molecular complexity index is 322. The van der Waals surface area contributed by atoms with Crippen LogP contribution < -0.4 is 5.32 Å². The molecule has 2 fully saturated rings. The SMILES string of the molecule is CCC1COCCN1C(=O)CN1CCNCC1=O. The van der Waals surface area contributed by atoms with Crippen LogP contribution in [0.3, 0.4) is 0 Å². The van der Waals surface area contributed by atoms with Gasteiger partial charge in [0.2, 0.25) is 11.8 Å². The normalized spacial score (nSPS) is 25.4. The summed E-state index contributed by atoms with van der Waals surface area (Å²) in [6.07, 6.45) is 0.890. The fraction of sp³-hybridized carbons (Fsp3) is 0.833. The molecule has 0 bridgehead atoms. The molecule has 0 saturated carbocycles. The van der Waals surface area contributed by atoms with Gasteiger partial charge in [0.05, 0.1) is 32.3 Å². The van der Waals surface area contributed by atoms with Crippen molar-refractivity contribution in [3.8, 4) is 0 Å². The molecule has 0 aromatic heterocycles. The Hall–Kier alpha value is -1.14. The van der Waals surface area contributed by atoms with Crippen LogP contribution in [0.1, 0.15) is 13.3 Å². The Balaban J connectivity index is 1.91. The zero-order valence-corrected chi connectivity index (χ0v) is 10.9. The van der Waals surface area contributed by atoms with Gasteiger partial charge >= 0.3 is 0 Å². The van der Waals surface area contributed by atoms with Gasteiger partial charge in [0, 0.05) is 19.6 Å². The Labute approximate surface area is 107 Å². The summed E-state index contributed by atoms with van der Waals surface area (Å²) < 4.78 is 5.38. The van der Waals surface area contributed by atoms with E-state index in [1.807, 2.05) is 4.90 Å². The van der Waals surface area contributed by atoms with E-state index in [0.29, 0.717) is 32.8 Å². The number of hydrogen-bond acceptors (Lipinski definition) is 4. The summed E-state index contributed by atoms with van der Waals surface area (Å²) in [5.74, 6) is 0.0521. The van der Waals surface area contributed by atoms with Gasteiger partial charge in [-0.1, -0.05) is 6.92 Å². The van der Waals surface area contributed by atoms with E-state index >= 15 is 0 Å². The van der Waals surface area contributed by atoms with Crippen LogP contribution in [-0.4, -0.2) is 73.6 Å². The molecule has 102 valence electrons. The summed E-state index contributed by atoms with van der Waals surface area (Å²) in [6, 6.07) is 0.157. The first-order valence-electron chi connectivity index (χ1n) is 6.58. The number of ether oxygens (including phenoxy) is 1. The van der Waals surface area contributed by atoms with Gasteiger partial charge in [-0.2, -0.15) is 0 Å². The molecule has 2 saturated heterocycles. The van der Waals surface area contributed by atoms with E-state index < -0.39 is 0 Å². The molecule has 2 heterocycles. The van der Waals surface area contributed by atoms with Crippen molar-refractivity contribution < 1.29 is 14.3 Å².